The molecule has 1 aromatic heterocycles. The Morgan fingerprint density at radius 1 is 1.04 bits per heavy atom. The lowest BCUT2D eigenvalue weighted by Crippen LogP contribution is -2.47. The van der Waals surface area contributed by atoms with Gasteiger partial charge in [-0.3, -0.25) is 14.4 Å². The number of para-hydroxylation sites is 1. The third-order valence-electron chi connectivity index (χ3n) is 4.09. The SMILES string of the molecule is NC(=O)C(=O)C(Cc1ccccc1)NC(=O)c1c(F)cnn1-c1ccccc1. The van der Waals surface area contributed by atoms with Gasteiger partial charge in [0.1, 0.15) is 6.04 Å². The number of primary amides is 1. The van der Waals surface area contributed by atoms with Crippen molar-refractivity contribution >= 4 is 17.6 Å². The Bertz CT molecular complexity index is 1000. The summed E-state index contributed by atoms with van der Waals surface area (Å²) in [6.07, 6.45) is 0.944. The molecule has 2 aromatic carbocycles. The molecule has 0 saturated carbocycles. The van der Waals surface area contributed by atoms with Crippen LogP contribution in [0.2, 0.25) is 0 Å². The van der Waals surface area contributed by atoms with Crippen molar-refractivity contribution in [1.29, 1.82) is 0 Å². The van der Waals surface area contributed by atoms with Gasteiger partial charge in [-0.1, -0.05) is 48.5 Å². The van der Waals surface area contributed by atoms with E-state index in [-0.39, 0.29) is 12.1 Å². The molecule has 1 heterocycles. The minimum absolute atomic E-state index is 0.0371. The molecule has 0 fully saturated rings. The average molecular weight is 380 g/mol. The van der Waals surface area contributed by atoms with E-state index in [2.05, 4.69) is 10.4 Å². The number of amides is 2. The first-order chi connectivity index (χ1) is 13.5. The maximum Gasteiger partial charge on any atom is 0.287 e. The molecule has 7 nitrogen and oxygen atoms in total. The second-order valence-corrected chi connectivity index (χ2v) is 6.03. The second kappa shape index (κ2) is 8.26. The lowest BCUT2D eigenvalue weighted by molar-refractivity contribution is -0.137. The highest BCUT2D eigenvalue weighted by Crippen LogP contribution is 2.14. The molecule has 1 atom stereocenters. The van der Waals surface area contributed by atoms with E-state index in [0.29, 0.717) is 11.3 Å². The third kappa shape index (κ3) is 4.12. The number of Topliss-reactive ketones (excluding diaryl/α,β-unsaturated/α-hetero) is 1. The first-order valence-corrected chi connectivity index (χ1v) is 8.44. The molecule has 0 saturated heterocycles. The highest BCUT2D eigenvalue weighted by atomic mass is 19.1. The van der Waals surface area contributed by atoms with Crippen LogP contribution in [0, 0.1) is 5.82 Å². The number of hydrogen-bond acceptors (Lipinski definition) is 4. The Morgan fingerprint density at radius 3 is 2.25 bits per heavy atom. The average Bonchev–Trinajstić information content (AvgIpc) is 3.10. The van der Waals surface area contributed by atoms with Crippen LogP contribution in [0.4, 0.5) is 4.39 Å². The fourth-order valence-electron chi connectivity index (χ4n) is 2.76. The van der Waals surface area contributed by atoms with Crippen LogP contribution in [0.5, 0.6) is 0 Å². The van der Waals surface area contributed by atoms with Gasteiger partial charge in [0.25, 0.3) is 11.8 Å². The quantitative estimate of drug-likeness (QED) is 0.604. The van der Waals surface area contributed by atoms with Crippen molar-refractivity contribution in [2.24, 2.45) is 5.73 Å². The second-order valence-electron chi connectivity index (χ2n) is 6.03. The number of hydrogen-bond donors (Lipinski definition) is 2. The van der Waals surface area contributed by atoms with Crippen LogP contribution >= 0.6 is 0 Å². The summed E-state index contributed by atoms with van der Waals surface area (Å²) in [6, 6.07) is 16.1. The van der Waals surface area contributed by atoms with Crippen LogP contribution in [-0.2, 0) is 16.0 Å². The van der Waals surface area contributed by atoms with E-state index >= 15 is 0 Å². The summed E-state index contributed by atoms with van der Waals surface area (Å²) in [5.41, 5.74) is 5.91. The molecule has 3 aromatic rings. The van der Waals surface area contributed by atoms with Gasteiger partial charge in [0.05, 0.1) is 11.9 Å². The zero-order valence-corrected chi connectivity index (χ0v) is 14.7. The number of carbonyl (C=O) groups excluding carboxylic acids is 3. The maximum atomic E-state index is 14.3. The summed E-state index contributed by atoms with van der Waals surface area (Å²) in [5.74, 6) is -3.89. The molecule has 8 heteroatoms. The first-order valence-electron chi connectivity index (χ1n) is 8.44. The van der Waals surface area contributed by atoms with Crippen molar-refractivity contribution < 1.29 is 18.8 Å². The summed E-state index contributed by atoms with van der Waals surface area (Å²) in [7, 11) is 0. The number of nitrogens with zero attached hydrogens (tertiary/aromatic N) is 2. The third-order valence-corrected chi connectivity index (χ3v) is 4.09. The lowest BCUT2D eigenvalue weighted by Gasteiger charge is -2.17. The molecule has 0 spiro atoms. The number of aromatic nitrogens is 2. The first kappa shape index (κ1) is 19.0. The van der Waals surface area contributed by atoms with Crippen LogP contribution in [0.3, 0.4) is 0 Å². The molecule has 28 heavy (non-hydrogen) atoms. The molecule has 1 unspecified atom stereocenters. The Hall–Kier alpha value is -3.81. The van der Waals surface area contributed by atoms with E-state index in [1.54, 1.807) is 60.7 Å². The summed E-state index contributed by atoms with van der Waals surface area (Å²) < 4.78 is 15.4. The van der Waals surface area contributed by atoms with Crippen molar-refractivity contribution in [3.63, 3.8) is 0 Å². The summed E-state index contributed by atoms with van der Waals surface area (Å²) in [6.45, 7) is 0. The number of rotatable bonds is 7. The molecule has 0 radical (unpaired) electrons. The van der Waals surface area contributed by atoms with Gasteiger partial charge >= 0.3 is 0 Å². The molecule has 0 aliphatic rings. The van der Waals surface area contributed by atoms with Crippen molar-refractivity contribution in [2.75, 3.05) is 0 Å². The minimum atomic E-state index is -1.23. The number of benzene rings is 2. The molecule has 0 aliphatic heterocycles. The van der Waals surface area contributed by atoms with E-state index in [4.69, 9.17) is 5.73 Å². The van der Waals surface area contributed by atoms with Crippen LogP contribution in [0.15, 0.2) is 66.9 Å². The van der Waals surface area contributed by atoms with Crippen molar-refractivity contribution in [3.05, 3.63) is 83.9 Å². The topological polar surface area (TPSA) is 107 Å². The Kier molecular flexibility index (Phi) is 5.59. The molecule has 2 amide bonds. The maximum absolute atomic E-state index is 14.3. The normalized spacial score (nSPS) is 11.6. The summed E-state index contributed by atoms with van der Waals surface area (Å²) in [4.78, 5) is 36.3. The molecule has 3 rings (SSSR count). The molecule has 3 N–H and O–H groups in total. The molecule has 0 aliphatic carbocycles. The van der Waals surface area contributed by atoms with Gasteiger partial charge in [0.15, 0.2) is 11.5 Å². The minimum Gasteiger partial charge on any atom is -0.363 e. The lowest BCUT2D eigenvalue weighted by atomic mass is 10.0. The molecular weight excluding hydrogens is 363 g/mol. The van der Waals surface area contributed by atoms with Gasteiger partial charge in [-0.15, -0.1) is 0 Å². The van der Waals surface area contributed by atoms with E-state index in [1.807, 2.05) is 0 Å². The Balaban J connectivity index is 1.89. The Morgan fingerprint density at radius 2 is 1.64 bits per heavy atom. The molecule has 0 bridgehead atoms. The van der Waals surface area contributed by atoms with Gasteiger partial charge < -0.3 is 11.1 Å². The predicted molar refractivity (Wildman–Crippen MR) is 99.1 cm³/mol. The number of halogens is 1. The molecular formula is C20H17FN4O3. The number of ketones is 1. The zero-order chi connectivity index (χ0) is 20.1. The monoisotopic (exact) mass is 380 g/mol. The largest absolute Gasteiger partial charge is 0.363 e. The van der Waals surface area contributed by atoms with Gasteiger partial charge in [-0.2, -0.15) is 5.10 Å². The highest BCUT2D eigenvalue weighted by Gasteiger charge is 2.28. The van der Waals surface area contributed by atoms with Gasteiger partial charge in [0, 0.05) is 6.42 Å². The number of nitrogens with one attached hydrogen (secondary N) is 1. The van der Waals surface area contributed by atoms with Crippen LogP contribution < -0.4 is 11.1 Å². The summed E-state index contributed by atoms with van der Waals surface area (Å²) >= 11 is 0. The van der Waals surface area contributed by atoms with E-state index in [9.17, 15) is 18.8 Å². The fourth-order valence-corrected chi connectivity index (χ4v) is 2.76. The van der Waals surface area contributed by atoms with E-state index in [1.165, 1.54) is 0 Å². The van der Waals surface area contributed by atoms with E-state index < -0.39 is 29.5 Å². The van der Waals surface area contributed by atoms with Crippen molar-refractivity contribution in [1.82, 2.24) is 15.1 Å². The fraction of sp³-hybridized carbons (Fsp3) is 0.100. The number of carbonyl (C=O) groups is 3. The predicted octanol–water partition coefficient (Wildman–Crippen LogP) is 1.41. The van der Waals surface area contributed by atoms with Crippen molar-refractivity contribution in [3.8, 4) is 5.69 Å². The smallest absolute Gasteiger partial charge is 0.287 e. The number of nitrogens with two attached hydrogens (primary N) is 1. The van der Waals surface area contributed by atoms with Gasteiger partial charge in [0.2, 0.25) is 5.78 Å². The van der Waals surface area contributed by atoms with Crippen molar-refractivity contribution in [2.45, 2.75) is 12.5 Å². The van der Waals surface area contributed by atoms with Gasteiger partial charge in [-0.05, 0) is 17.7 Å². The van der Waals surface area contributed by atoms with Crippen LogP contribution in [0.1, 0.15) is 16.1 Å². The highest BCUT2D eigenvalue weighted by molar-refractivity contribution is 6.38. The Labute approximate surface area is 160 Å². The standard InChI is InChI=1S/C20H17FN4O3/c21-15-12-23-25(14-9-5-2-6-10-14)17(15)20(28)24-16(18(26)19(22)27)11-13-7-3-1-4-8-13/h1-10,12,16H,11H2,(H2,22,27)(H,24,28). The van der Waals surface area contributed by atoms with E-state index in [0.717, 1.165) is 10.9 Å². The summed E-state index contributed by atoms with van der Waals surface area (Å²) in [5, 5.41) is 6.29. The van der Waals surface area contributed by atoms with Crippen LogP contribution in [0.25, 0.3) is 5.69 Å². The van der Waals surface area contributed by atoms with Gasteiger partial charge in [-0.25, -0.2) is 9.07 Å². The molecule has 142 valence electrons. The van der Waals surface area contributed by atoms with Crippen LogP contribution in [-0.4, -0.2) is 33.4 Å². The zero-order valence-electron chi connectivity index (χ0n) is 14.7.